The van der Waals surface area contributed by atoms with Crippen LogP contribution in [-0.2, 0) is 17.8 Å². The molecule has 0 saturated carbocycles. The Morgan fingerprint density at radius 1 is 1.23 bits per heavy atom. The molecule has 0 radical (unpaired) electrons. The van der Waals surface area contributed by atoms with Gasteiger partial charge in [-0.15, -0.1) is 0 Å². The van der Waals surface area contributed by atoms with Crippen molar-refractivity contribution in [3.05, 3.63) is 65.4 Å². The quantitative estimate of drug-likeness (QED) is 0.791. The topological polar surface area (TPSA) is 69.1 Å². The normalized spacial score (nSPS) is 14.5. The zero-order valence-electron chi connectivity index (χ0n) is 14.5. The lowest BCUT2D eigenvalue weighted by molar-refractivity contribution is -0.138. The molecule has 2 heterocycles. The number of rotatable bonds is 3. The molecule has 0 bridgehead atoms. The Hall–Kier alpha value is -3.26. The number of amides is 1. The number of nitrogens with zero attached hydrogens (tertiary/aromatic N) is 2. The molecule has 1 aromatic heterocycles. The third kappa shape index (κ3) is 2.91. The summed E-state index contributed by atoms with van der Waals surface area (Å²) in [6, 6.07) is 17.1. The van der Waals surface area contributed by atoms with E-state index in [0.717, 1.165) is 11.9 Å². The van der Waals surface area contributed by atoms with Crippen LogP contribution < -0.4 is 4.74 Å². The molecule has 1 aliphatic rings. The van der Waals surface area contributed by atoms with Gasteiger partial charge >= 0.3 is 0 Å². The van der Waals surface area contributed by atoms with E-state index in [-0.39, 0.29) is 5.91 Å². The Balaban J connectivity index is 1.49. The highest BCUT2D eigenvalue weighted by molar-refractivity contribution is 5.86. The Morgan fingerprint density at radius 3 is 2.77 bits per heavy atom. The number of fused-ring (bicyclic) bond motifs is 3. The number of H-pyrrole nitrogens is 1. The number of hydrogen-bond donors (Lipinski definition) is 1. The summed E-state index contributed by atoms with van der Waals surface area (Å²) in [5, 5.41) is 10.0. The van der Waals surface area contributed by atoms with Crippen LogP contribution in [0, 0.1) is 11.3 Å². The molecule has 130 valence electrons. The van der Waals surface area contributed by atoms with Crippen LogP contribution in [0.1, 0.15) is 23.7 Å². The molecular weight excluding hydrogens is 326 g/mol. The molecule has 1 aliphatic heterocycles. The molecule has 0 unspecified atom stereocenters. The van der Waals surface area contributed by atoms with Crippen LogP contribution in [0.25, 0.3) is 10.9 Å². The van der Waals surface area contributed by atoms with Crippen LogP contribution >= 0.6 is 0 Å². The van der Waals surface area contributed by atoms with E-state index in [1.165, 1.54) is 16.6 Å². The van der Waals surface area contributed by atoms with Crippen molar-refractivity contribution >= 4 is 16.8 Å². The summed E-state index contributed by atoms with van der Waals surface area (Å²) in [5.74, 6) is 0.569. The van der Waals surface area contributed by atoms with Gasteiger partial charge in [0, 0.05) is 41.7 Å². The number of carbonyl (C=O) groups excluding carboxylic acids is 1. The average Bonchev–Trinajstić information content (AvgIpc) is 3.06. The Kier molecular flexibility index (Phi) is 4.10. The number of para-hydroxylation sites is 1. The number of hydrogen-bond acceptors (Lipinski definition) is 3. The van der Waals surface area contributed by atoms with Gasteiger partial charge in [-0.3, -0.25) is 4.79 Å². The molecule has 1 amide bonds. The highest BCUT2D eigenvalue weighted by atomic mass is 16.5. The fourth-order valence-corrected chi connectivity index (χ4v) is 3.47. The molecule has 5 nitrogen and oxygen atoms in total. The third-order valence-electron chi connectivity index (χ3n) is 4.84. The second-order valence-electron chi connectivity index (χ2n) is 6.53. The van der Waals surface area contributed by atoms with Gasteiger partial charge in [0.2, 0.25) is 0 Å². The van der Waals surface area contributed by atoms with E-state index in [1.54, 1.807) is 31.2 Å². The van der Waals surface area contributed by atoms with Gasteiger partial charge in [-0.25, -0.2) is 0 Å². The molecular formula is C21H19N3O2. The smallest absolute Gasteiger partial charge is 0.263 e. The molecule has 26 heavy (non-hydrogen) atoms. The van der Waals surface area contributed by atoms with Crippen molar-refractivity contribution in [2.45, 2.75) is 26.0 Å². The number of carbonyl (C=O) groups is 1. The summed E-state index contributed by atoms with van der Waals surface area (Å²) < 4.78 is 5.78. The van der Waals surface area contributed by atoms with Gasteiger partial charge in [0.25, 0.3) is 5.91 Å². The summed E-state index contributed by atoms with van der Waals surface area (Å²) in [5.41, 5.74) is 4.11. The van der Waals surface area contributed by atoms with Crippen molar-refractivity contribution < 1.29 is 9.53 Å². The lowest BCUT2D eigenvalue weighted by Gasteiger charge is -2.29. The first kappa shape index (κ1) is 16.2. The molecule has 4 rings (SSSR count). The van der Waals surface area contributed by atoms with E-state index in [9.17, 15) is 4.79 Å². The number of aromatic nitrogens is 1. The van der Waals surface area contributed by atoms with Crippen molar-refractivity contribution in [2.75, 3.05) is 6.54 Å². The minimum atomic E-state index is -0.574. The average molecular weight is 345 g/mol. The van der Waals surface area contributed by atoms with Gasteiger partial charge in [-0.05, 0) is 37.3 Å². The fourth-order valence-electron chi connectivity index (χ4n) is 3.47. The molecule has 5 heteroatoms. The van der Waals surface area contributed by atoms with Gasteiger partial charge in [-0.1, -0.05) is 18.2 Å². The maximum absolute atomic E-state index is 12.8. The second kappa shape index (κ2) is 6.57. The lowest BCUT2D eigenvalue weighted by Crippen LogP contribution is -2.43. The summed E-state index contributed by atoms with van der Waals surface area (Å²) in [6.45, 7) is 3.05. The van der Waals surface area contributed by atoms with Crippen molar-refractivity contribution in [3.63, 3.8) is 0 Å². The third-order valence-corrected chi connectivity index (χ3v) is 4.84. The molecule has 3 aromatic rings. The summed E-state index contributed by atoms with van der Waals surface area (Å²) >= 11 is 0. The minimum absolute atomic E-state index is 0.0229. The van der Waals surface area contributed by atoms with Crippen LogP contribution in [0.15, 0.2) is 48.5 Å². The molecule has 0 fully saturated rings. The van der Waals surface area contributed by atoms with E-state index in [4.69, 9.17) is 10.00 Å². The van der Waals surface area contributed by atoms with Crippen molar-refractivity contribution in [2.24, 2.45) is 0 Å². The Labute approximate surface area is 151 Å². The number of ether oxygens (including phenoxy) is 1. The first-order chi connectivity index (χ1) is 12.7. The van der Waals surface area contributed by atoms with Gasteiger partial charge in [0.05, 0.1) is 11.6 Å². The van der Waals surface area contributed by atoms with Crippen LogP contribution in [0.3, 0.4) is 0 Å². The Bertz CT molecular complexity index is 998. The van der Waals surface area contributed by atoms with Gasteiger partial charge in [-0.2, -0.15) is 5.26 Å². The first-order valence-electron chi connectivity index (χ1n) is 8.70. The monoisotopic (exact) mass is 345 g/mol. The summed E-state index contributed by atoms with van der Waals surface area (Å²) in [7, 11) is 0. The van der Waals surface area contributed by atoms with Crippen LogP contribution in [0.5, 0.6) is 5.75 Å². The molecule has 1 N–H and O–H groups in total. The maximum Gasteiger partial charge on any atom is 0.263 e. The van der Waals surface area contributed by atoms with Crippen LogP contribution in [-0.4, -0.2) is 28.4 Å². The molecule has 0 aliphatic carbocycles. The van der Waals surface area contributed by atoms with Gasteiger partial charge in [0.15, 0.2) is 6.10 Å². The highest BCUT2D eigenvalue weighted by Crippen LogP contribution is 2.28. The summed E-state index contributed by atoms with van der Waals surface area (Å²) in [6.07, 6.45) is 0.244. The zero-order valence-corrected chi connectivity index (χ0v) is 14.5. The molecule has 1 atom stereocenters. The summed E-state index contributed by atoms with van der Waals surface area (Å²) in [4.78, 5) is 18.1. The highest BCUT2D eigenvalue weighted by Gasteiger charge is 2.27. The van der Waals surface area contributed by atoms with Crippen LogP contribution in [0.2, 0.25) is 0 Å². The largest absolute Gasteiger partial charge is 0.481 e. The minimum Gasteiger partial charge on any atom is -0.481 e. The zero-order chi connectivity index (χ0) is 18.1. The second-order valence-corrected chi connectivity index (χ2v) is 6.53. The van der Waals surface area contributed by atoms with Crippen molar-refractivity contribution in [1.82, 2.24) is 9.88 Å². The van der Waals surface area contributed by atoms with E-state index < -0.39 is 6.10 Å². The van der Waals surface area contributed by atoms with Crippen molar-refractivity contribution in [1.29, 1.82) is 5.26 Å². The number of nitrogens with one attached hydrogen (secondary N) is 1. The molecule has 2 aromatic carbocycles. The number of aromatic amines is 1. The standard InChI is InChI=1S/C21H19N3O2/c1-14(26-16-8-6-15(12-22)7-9-16)21(25)24-11-10-20-18(13-24)17-4-2-3-5-19(17)23-20/h2-9,14,23H,10-11,13H2,1H3/t14-/m1/s1. The molecule has 0 spiro atoms. The van der Waals surface area contributed by atoms with Crippen LogP contribution in [0.4, 0.5) is 0 Å². The van der Waals surface area contributed by atoms with E-state index in [2.05, 4.69) is 23.2 Å². The predicted octanol–water partition coefficient (Wildman–Crippen LogP) is 3.39. The lowest BCUT2D eigenvalue weighted by atomic mass is 10.0. The fraction of sp³-hybridized carbons (Fsp3) is 0.238. The number of benzene rings is 2. The maximum atomic E-state index is 12.8. The van der Waals surface area contributed by atoms with Gasteiger partial charge in [0.1, 0.15) is 5.75 Å². The van der Waals surface area contributed by atoms with Crippen molar-refractivity contribution in [3.8, 4) is 11.8 Å². The Morgan fingerprint density at radius 2 is 2.00 bits per heavy atom. The van der Waals surface area contributed by atoms with E-state index in [1.807, 2.05) is 17.0 Å². The SMILES string of the molecule is C[C@@H](Oc1ccc(C#N)cc1)C(=O)N1CCc2[nH]c3ccccc3c2C1. The number of nitriles is 1. The van der Waals surface area contributed by atoms with E-state index >= 15 is 0 Å². The van der Waals surface area contributed by atoms with E-state index in [0.29, 0.717) is 24.4 Å². The predicted molar refractivity (Wildman–Crippen MR) is 98.7 cm³/mol. The van der Waals surface area contributed by atoms with Gasteiger partial charge < -0.3 is 14.6 Å². The molecule has 0 saturated heterocycles. The first-order valence-corrected chi connectivity index (χ1v) is 8.70.